The molecule has 17 heavy (non-hydrogen) atoms. The molecule has 1 aromatic carbocycles. The number of carboxylic acid groups (broad SMARTS) is 1. The molecule has 0 radical (unpaired) electrons. The van der Waals surface area contributed by atoms with Crippen molar-refractivity contribution < 1.29 is 23.4 Å². The summed E-state index contributed by atoms with van der Waals surface area (Å²) in [5, 5.41) is 9.32. The second-order valence-corrected chi connectivity index (χ2v) is 4.12. The van der Waals surface area contributed by atoms with Gasteiger partial charge in [0.15, 0.2) is 0 Å². The van der Waals surface area contributed by atoms with E-state index in [1.807, 2.05) is 0 Å². The van der Waals surface area contributed by atoms with Gasteiger partial charge in [-0.15, -0.1) is 0 Å². The summed E-state index contributed by atoms with van der Waals surface area (Å²) in [5.74, 6) is -2.61. The van der Waals surface area contributed by atoms with E-state index in [0.717, 1.165) is 12.1 Å². The summed E-state index contributed by atoms with van der Waals surface area (Å²) in [7, 11) is 0. The van der Waals surface area contributed by atoms with E-state index in [4.69, 9.17) is 4.74 Å². The predicted molar refractivity (Wildman–Crippen MR) is 55.7 cm³/mol. The lowest BCUT2D eigenvalue weighted by Crippen LogP contribution is -2.42. The van der Waals surface area contributed by atoms with Gasteiger partial charge in [0, 0.05) is 24.8 Å². The van der Waals surface area contributed by atoms with Gasteiger partial charge < -0.3 is 9.84 Å². The van der Waals surface area contributed by atoms with Crippen LogP contribution in [0, 0.1) is 11.6 Å². The third-order valence-corrected chi connectivity index (χ3v) is 3.20. The van der Waals surface area contributed by atoms with Crippen LogP contribution >= 0.6 is 0 Å². The van der Waals surface area contributed by atoms with Gasteiger partial charge in [-0.25, -0.2) is 8.78 Å². The highest BCUT2D eigenvalue weighted by Gasteiger charge is 2.43. The quantitative estimate of drug-likeness (QED) is 0.863. The molecule has 3 nitrogen and oxygen atoms in total. The normalized spacial score (nSPS) is 18.9. The first kappa shape index (κ1) is 12.0. The first-order chi connectivity index (χ1) is 8.06. The van der Waals surface area contributed by atoms with Crippen molar-refractivity contribution in [2.75, 3.05) is 13.2 Å². The number of carboxylic acids is 1. The third-order valence-electron chi connectivity index (χ3n) is 3.20. The molecule has 1 fully saturated rings. The van der Waals surface area contributed by atoms with E-state index in [0.29, 0.717) is 0 Å². The summed E-state index contributed by atoms with van der Waals surface area (Å²) < 4.78 is 31.6. The van der Waals surface area contributed by atoms with Gasteiger partial charge in [-0.05, 0) is 18.9 Å². The van der Waals surface area contributed by atoms with Gasteiger partial charge in [0.25, 0.3) is 0 Å². The molecule has 0 aromatic heterocycles. The molecular weight excluding hydrogens is 230 g/mol. The Morgan fingerprint density at radius 3 is 2.47 bits per heavy atom. The van der Waals surface area contributed by atoms with E-state index in [2.05, 4.69) is 0 Å². The van der Waals surface area contributed by atoms with Crippen molar-refractivity contribution in [2.45, 2.75) is 18.3 Å². The average Bonchev–Trinajstić information content (AvgIpc) is 2.29. The molecule has 0 amide bonds. The van der Waals surface area contributed by atoms with E-state index >= 15 is 0 Å². The van der Waals surface area contributed by atoms with Gasteiger partial charge in [-0.1, -0.05) is 6.07 Å². The number of hydrogen-bond donors (Lipinski definition) is 1. The molecule has 5 heteroatoms. The fourth-order valence-corrected chi connectivity index (χ4v) is 2.20. The van der Waals surface area contributed by atoms with Crippen molar-refractivity contribution >= 4 is 5.97 Å². The first-order valence-electron chi connectivity index (χ1n) is 5.33. The molecule has 0 bridgehead atoms. The van der Waals surface area contributed by atoms with Crippen LogP contribution in [0.4, 0.5) is 8.78 Å². The largest absolute Gasteiger partial charge is 0.481 e. The van der Waals surface area contributed by atoms with Crippen LogP contribution in [-0.2, 0) is 14.9 Å². The second-order valence-electron chi connectivity index (χ2n) is 4.12. The molecule has 1 aliphatic heterocycles. The molecule has 1 saturated heterocycles. The van der Waals surface area contributed by atoms with Gasteiger partial charge in [0.05, 0.1) is 5.41 Å². The Bertz CT molecular complexity index is 439. The summed E-state index contributed by atoms with van der Waals surface area (Å²) >= 11 is 0. The molecular formula is C12H12F2O3. The van der Waals surface area contributed by atoms with Gasteiger partial charge in [-0.2, -0.15) is 0 Å². The van der Waals surface area contributed by atoms with Crippen LogP contribution in [0.5, 0.6) is 0 Å². The number of carbonyl (C=O) groups is 1. The zero-order chi connectivity index (χ0) is 12.5. The highest BCUT2D eigenvalue weighted by atomic mass is 19.1. The zero-order valence-corrected chi connectivity index (χ0v) is 9.08. The third kappa shape index (κ3) is 2.02. The molecule has 0 saturated carbocycles. The van der Waals surface area contributed by atoms with Crippen LogP contribution in [0.1, 0.15) is 18.4 Å². The van der Waals surface area contributed by atoms with E-state index in [1.54, 1.807) is 0 Å². The maximum absolute atomic E-state index is 13.7. The summed E-state index contributed by atoms with van der Waals surface area (Å²) in [6, 6.07) is 3.01. The molecule has 1 aliphatic rings. The van der Waals surface area contributed by atoms with Crippen molar-refractivity contribution in [1.82, 2.24) is 0 Å². The van der Waals surface area contributed by atoms with Gasteiger partial charge >= 0.3 is 5.97 Å². The summed E-state index contributed by atoms with van der Waals surface area (Å²) in [4.78, 5) is 11.4. The number of aliphatic carboxylic acids is 1. The van der Waals surface area contributed by atoms with Crippen molar-refractivity contribution in [1.29, 1.82) is 0 Å². The van der Waals surface area contributed by atoms with E-state index < -0.39 is 23.0 Å². The molecule has 1 aromatic rings. The lowest BCUT2D eigenvalue weighted by Gasteiger charge is -2.33. The van der Waals surface area contributed by atoms with Crippen LogP contribution < -0.4 is 0 Å². The Hall–Kier alpha value is -1.49. The van der Waals surface area contributed by atoms with Crippen LogP contribution in [-0.4, -0.2) is 24.3 Å². The molecule has 0 unspecified atom stereocenters. The van der Waals surface area contributed by atoms with Gasteiger partial charge in [0.2, 0.25) is 0 Å². The van der Waals surface area contributed by atoms with E-state index in [1.165, 1.54) is 6.07 Å². The number of halogens is 2. The topological polar surface area (TPSA) is 46.5 Å². The van der Waals surface area contributed by atoms with Crippen molar-refractivity contribution in [2.24, 2.45) is 0 Å². The van der Waals surface area contributed by atoms with Crippen LogP contribution in [0.15, 0.2) is 18.2 Å². The SMILES string of the molecule is O=C(O)C1(c2ccc(F)cc2F)CCOCC1. The molecule has 1 N–H and O–H groups in total. The summed E-state index contributed by atoms with van der Waals surface area (Å²) in [5.41, 5.74) is -1.26. The molecule has 0 atom stereocenters. The molecule has 0 spiro atoms. The Balaban J connectivity index is 2.49. The monoisotopic (exact) mass is 242 g/mol. The molecule has 1 heterocycles. The summed E-state index contributed by atoms with van der Waals surface area (Å²) in [6.07, 6.45) is 0.399. The Morgan fingerprint density at radius 1 is 1.29 bits per heavy atom. The van der Waals surface area contributed by atoms with Crippen molar-refractivity contribution in [3.8, 4) is 0 Å². The average molecular weight is 242 g/mol. The maximum atomic E-state index is 13.7. The van der Waals surface area contributed by atoms with Crippen LogP contribution in [0.3, 0.4) is 0 Å². The first-order valence-corrected chi connectivity index (χ1v) is 5.33. The zero-order valence-electron chi connectivity index (χ0n) is 9.08. The minimum Gasteiger partial charge on any atom is -0.481 e. The van der Waals surface area contributed by atoms with Crippen LogP contribution in [0.25, 0.3) is 0 Å². The maximum Gasteiger partial charge on any atom is 0.314 e. The fraction of sp³-hybridized carbons (Fsp3) is 0.417. The predicted octanol–water partition coefficient (Wildman–Crippen LogP) is 2.10. The van der Waals surface area contributed by atoms with Crippen molar-refractivity contribution in [3.63, 3.8) is 0 Å². The standard InChI is InChI=1S/C12H12F2O3/c13-8-1-2-9(10(14)7-8)12(11(15)16)3-5-17-6-4-12/h1-2,7H,3-6H2,(H,15,16). The summed E-state index contributed by atoms with van der Waals surface area (Å²) in [6.45, 7) is 0.534. The van der Waals surface area contributed by atoms with E-state index in [-0.39, 0.29) is 31.6 Å². The Kier molecular flexibility index (Phi) is 3.11. The lowest BCUT2D eigenvalue weighted by atomic mass is 9.74. The van der Waals surface area contributed by atoms with E-state index in [9.17, 15) is 18.7 Å². The molecule has 92 valence electrons. The Labute approximate surface area is 97.0 Å². The number of ether oxygens (including phenoxy) is 1. The lowest BCUT2D eigenvalue weighted by molar-refractivity contribution is -0.148. The van der Waals surface area contributed by atoms with Gasteiger partial charge in [0.1, 0.15) is 11.6 Å². The highest BCUT2D eigenvalue weighted by molar-refractivity contribution is 5.81. The second kappa shape index (κ2) is 4.41. The smallest absolute Gasteiger partial charge is 0.314 e. The minimum atomic E-state index is -1.30. The number of rotatable bonds is 2. The number of hydrogen-bond acceptors (Lipinski definition) is 2. The minimum absolute atomic E-state index is 0.0368. The Morgan fingerprint density at radius 2 is 1.94 bits per heavy atom. The molecule has 0 aliphatic carbocycles. The highest BCUT2D eigenvalue weighted by Crippen LogP contribution is 2.36. The fourth-order valence-electron chi connectivity index (χ4n) is 2.20. The van der Waals surface area contributed by atoms with Gasteiger partial charge in [-0.3, -0.25) is 4.79 Å². The van der Waals surface area contributed by atoms with Crippen molar-refractivity contribution in [3.05, 3.63) is 35.4 Å². The number of benzene rings is 1. The molecule has 2 rings (SSSR count). The van der Waals surface area contributed by atoms with Crippen LogP contribution in [0.2, 0.25) is 0 Å².